The van der Waals surface area contributed by atoms with Gasteiger partial charge in [0, 0.05) is 6.54 Å². The van der Waals surface area contributed by atoms with Gasteiger partial charge in [0.2, 0.25) is 0 Å². The Morgan fingerprint density at radius 2 is 2.29 bits per heavy atom. The molecule has 0 unspecified atom stereocenters. The predicted molar refractivity (Wildman–Crippen MR) is 53.3 cm³/mol. The first-order valence-corrected chi connectivity index (χ1v) is 4.48. The van der Waals surface area contributed by atoms with Gasteiger partial charge in [-0.05, 0) is 0 Å². The second-order valence-corrected chi connectivity index (χ2v) is 2.68. The van der Waals surface area contributed by atoms with Crippen LogP contribution in [0.15, 0.2) is 12.7 Å². The van der Waals surface area contributed by atoms with Gasteiger partial charge in [-0.25, -0.2) is 9.59 Å². The van der Waals surface area contributed by atoms with Gasteiger partial charge < -0.3 is 15.4 Å². The molecule has 0 aliphatic rings. The smallest absolute Gasteiger partial charge is 0.329 e. The third kappa shape index (κ3) is 4.71. The molecule has 0 aliphatic heterocycles. The first-order valence-electron chi connectivity index (χ1n) is 3.94. The van der Waals surface area contributed by atoms with Crippen molar-refractivity contribution >= 4 is 23.6 Å². The lowest BCUT2D eigenvalue weighted by molar-refractivity contribution is -0.142. The molecule has 0 aromatic heterocycles. The van der Waals surface area contributed by atoms with Gasteiger partial charge in [-0.2, -0.15) is 0 Å². The molecule has 2 N–H and O–H groups in total. The molecule has 0 bridgehead atoms. The van der Waals surface area contributed by atoms with Gasteiger partial charge in [-0.3, -0.25) is 0 Å². The van der Waals surface area contributed by atoms with E-state index in [1.54, 1.807) is 0 Å². The van der Waals surface area contributed by atoms with E-state index in [-0.39, 0.29) is 5.88 Å². The SMILES string of the molecule is C=CCNC(=O)N[C@@H](CCl)C(=O)OC. The molecule has 6 heteroatoms. The van der Waals surface area contributed by atoms with Crippen LogP contribution in [0.25, 0.3) is 0 Å². The number of esters is 1. The van der Waals surface area contributed by atoms with Crippen LogP contribution in [0, 0.1) is 0 Å². The fourth-order valence-corrected chi connectivity index (χ4v) is 0.880. The van der Waals surface area contributed by atoms with E-state index >= 15 is 0 Å². The van der Waals surface area contributed by atoms with Crippen molar-refractivity contribution in [1.82, 2.24) is 10.6 Å². The Balaban J connectivity index is 3.98. The number of rotatable bonds is 5. The van der Waals surface area contributed by atoms with E-state index < -0.39 is 18.0 Å². The fraction of sp³-hybridized carbons (Fsp3) is 0.500. The summed E-state index contributed by atoms with van der Waals surface area (Å²) in [5.41, 5.74) is 0. The summed E-state index contributed by atoms with van der Waals surface area (Å²) in [5, 5.41) is 4.79. The summed E-state index contributed by atoms with van der Waals surface area (Å²) < 4.78 is 4.42. The molecule has 0 aromatic carbocycles. The summed E-state index contributed by atoms with van der Waals surface area (Å²) in [7, 11) is 1.23. The number of hydrogen-bond donors (Lipinski definition) is 2. The molecule has 0 heterocycles. The number of nitrogens with one attached hydrogen (secondary N) is 2. The standard InChI is InChI=1S/C8H13ClN2O3/c1-3-4-10-8(13)11-6(5-9)7(12)14-2/h3,6H,1,4-5H2,2H3,(H2,10,11,13)/t6-/m0/s1. The Kier molecular flexibility index (Phi) is 6.57. The number of hydrogen-bond acceptors (Lipinski definition) is 3. The Labute approximate surface area is 87.4 Å². The Morgan fingerprint density at radius 1 is 1.64 bits per heavy atom. The number of carbonyl (C=O) groups excluding carboxylic acids is 2. The van der Waals surface area contributed by atoms with Crippen LogP contribution in [0.4, 0.5) is 4.79 Å². The number of urea groups is 1. The van der Waals surface area contributed by atoms with Crippen LogP contribution < -0.4 is 10.6 Å². The van der Waals surface area contributed by atoms with Crippen LogP contribution in [0.5, 0.6) is 0 Å². The number of halogens is 1. The van der Waals surface area contributed by atoms with Gasteiger partial charge in [0.05, 0.1) is 13.0 Å². The van der Waals surface area contributed by atoms with Crippen molar-refractivity contribution in [3.05, 3.63) is 12.7 Å². The lowest BCUT2D eigenvalue weighted by atomic mass is 10.3. The van der Waals surface area contributed by atoms with Crippen molar-refractivity contribution in [2.24, 2.45) is 0 Å². The number of alkyl halides is 1. The summed E-state index contributed by atoms with van der Waals surface area (Å²) in [6.45, 7) is 3.74. The van der Waals surface area contributed by atoms with Crippen molar-refractivity contribution in [3.8, 4) is 0 Å². The largest absolute Gasteiger partial charge is 0.467 e. The van der Waals surface area contributed by atoms with Crippen LogP contribution in [0.2, 0.25) is 0 Å². The Hall–Kier alpha value is -1.23. The van der Waals surface area contributed by atoms with Gasteiger partial charge in [0.25, 0.3) is 0 Å². The van der Waals surface area contributed by atoms with Crippen molar-refractivity contribution in [1.29, 1.82) is 0 Å². The minimum Gasteiger partial charge on any atom is -0.467 e. The van der Waals surface area contributed by atoms with E-state index in [2.05, 4.69) is 21.9 Å². The van der Waals surface area contributed by atoms with Gasteiger partial charge >= 0.3 is 12.0 Å². The molecule has 0 fully saturated rings. The van der Waals surface area contributed by atoms with Crippen LogP contribution in [0.3, 0.4) is 0 Å². The molecule has 0 spiro atoms. The highest BCUT2D eigenvalue weighted by molar-refractivity contribution is 6.19. The van der Waals surface area contributed by atoms with Crippen molar-refractivity contribution in [2.75, 3.05) is 19.5 Å². The Bertz CT molecular complexity index is 221. The molecule has 0 aromatic rings. The highest BCUT2D eigenvalue weighted by atomic mass is 35.5. The molecule has 14 heavy (non-hydrogen) atoms. The zero-order valence-electron chi connectivity index (χ0n) is 7.88. The monoisotopic (exact) mass is 220 g/mol. The maximum atomic E-state index is 11.1. The first kappa shape index (κ1) is 12.8. The molecule has 5 nitrogen and oxygen atoms in total. The zero-order chi connectivity index (χ0) is 11.0. The molecule has 2 amide bonds. The van der Waals surface area contributed by atoms with Crippen LogP contribution in [0.1, 0.15) is 0 Å². The van der Waals surface area contributed by atoms with Crippen molar-refractivity contribution in [3.63, 3.8) is 0 Å². The fourth-order valence-electron chi connectivity index (χ4n) is 0.677. The van der Waals surface area contributed by atoms with Crippen molar-refractivity contribution in [2.45, 2.75) is 6.04 Å². The Morgan fingerprint density at radius 3 is 2.71 bits per heavy atom. The molecule has 0 aliphatic carbocycles. The molecule has 0 radical (unpaired) electrons. The summed E-state index contributed by atoms with van der Waals surface area (Å²) >= 11 is 5.46. The second kappa shape index (κ2) is 7.20. The van der Waals surface area contributed by atoms with E-state index in [1.165, 1.54) is 13.2 Å². The average Bonchev–Trinajstić information content (AvgIpc) is 2.21. The zero-order valence-corrected chi connectivity index (χ0v) is 8.63. The average molecular weight is 221 g/mol. The third-order valence-electron chi connectivity index (χ3n) is 1.35. The number of methoxy groups -OCH3 is 1. The third-order valence-corrected chi connectivity index (χ3v) is 1.66. The molecule has 0 saturated heterocycles. The minimum atomic E-state index is -0.827. The van der Waals surface area contributed by atoms with E-state index in [0.29, 0.717) is 6.54 Å². The quantitative estimate of drug-likeness (QED) is 0.397. The summed E-state index contributed by atoms with van der Waals surface area (Å²) in [6, 6.07) is -1.31. The molecule has 0 saturated carbocycles. The highest BCUT2D eigenvalue weighted by Gasteiger charge is 2.19. The lowest BCUT2D eigenvalue weighted by Gasteiger charge is -2.13. The predicted octanol–water partition coefficient (Wildman–Crippen LogP) is 0.252. The molecular formula is C8H13ClN2O3. The first-order chi connectivity index (χ1) is 6.65. The molecule has 0 rings (SSSR count). The van der Waals surface area contributed by atoms with Gasteiger partial charge in [-0.1, -0.05) is 6.08 Å². The summed E-state index contributed by atoms with van der Waals surface area (Å²) in [6.07, 6.45) is 1.52. The van der Waals surface area contributed by atoms with Gasteiger partial charge in [0.1, 0.15) is 6.04 Å². The normalized spacial score (nSPS) is 11.3. The number of carbonyl (C=O) groups is 2. The van der Waals surface area contributed by atoms with E-state index in [4.69, 9.17) is 11.6 Å². The van der Waals surface area contributed by atoms with Crippen molar-refractivity contribution < 1.29 is 14.3 Å². The highest BCUT2D eigenvalue weighted by Crippen LogP contribution is 1.91. The maximum Gasteiger partial charge on any atom is 0.329 e. The van der Waals surface area contributed by atoms with Gasteiger partial charge in [0.15, 0.2) is 0 Å². The number of ether oxygens (including phenoxy) is 1. The molecule has 1 atom stereocenters. The maximum absolute atomic E-state index is 11.1. The van der Waals surface area contributed by atoms with Gasteiger partial charge in [-0.15, -0.1) is 18.2 Å². The molecular weight excluding hydrogens is 208 g/mol. The molecule has 80 valence electrons. The van der Waals surface area contributed by atoms with E-state index in [1.807, 2.05) is 0 Å². The minimum absolute atomic E-state index is 0.0335. The van der Waals surface area contributed by atoms with E-state index in [9.17, 15) is 9.59 Å². The summed E-state index contributed by atoms with van der Waals surface area (Å²) in [5.74, 6) is -0.609. The van der Waals surface area contributed by atoms with Crippen LogP contribution in [-0.2, 0) is 9.53 Å². The second-order valence-electron chi connectivity index (χ2n) is 2.37. The van der Waals surface area contributed by atoms with Crippen LogP contribution >= 0.6 is 11.6 Å². The van der Waals surface area contributed by atoms with Crippen LogP contribution in [-0.4, -0.2) is 37.6 Å². The lowest BCUT2D eigenvalue weighted by Crippen LogP contribution is -2.47. The van der Waals surface area contributed by atoms with E-state index in [0.717, 1.165) is 0 Å². The topological polar surface area (TPSA) is 67.4 Å². The number of amides is 2. The summed E-state index contributed by atoms with van der Waals surface area (Å²) in [4.78, 5) is 22.0.